The molecule has 2 fully saturated rings. The van der Waals surface area contributed by atoms with E-state index < -0.39 is 6.17 Å². The first-order valence-electron chi connectivity index (χ1n) is 15.5. The predicted molar refractivity (Wildman–Crippen MR) is 168 cm³/mol. The van der Waals surface area contributed by atoms with Gasteiger partial charge in [-0.25, -0.2) is 4.39 Å². The molecule has 10 nitrogen and oxygen atoms in total. The van der Waals surface area contributed by atoms with Gasteiger partial charge in [-0.05, 0) is 43.3 Å². The van der Waals surface area contributed by atoms with Gasteiger partial charge < -0.3 is 28.9 Å². The molecule has 11 heteroatoms. The molecule has 1 atom stereocenters. The largest absolute Gasteiger partial charge is 0.467 e. The third-order valence-electron chi connectivity index (χ3n) is 8.67. The van der Waals surface area contributed by atoms with Crippen molar-refractivity contribution in [2.24, 2.45) is 0 Å². The van der Waals surface area contributed by atoms with Gasteiger partial charge in [-0.3, -0.25) is 9.69 Å². The van der Waals surface area contributed by atoms with Gasteiger partial charge in [0.1, 0.15) is 24.3 Å². The quantitative estimate of drug-likeness (QED) is 0.253. The van der Waals surface area contributed by atoms with E-state index in [1.165, 1.54) is 6.08 Å². The summed E-state index contributed by atoms with van der Waals surface area (Å²) in [4.78, 5) is 30.5. The third kappa shape index (κ3) is 6.73. The molecule has 0 saturated carbocycles. The molecule has 1 amide bonds. The molecule has 3 aliphatic rings. The van der Waals surface area contributed by atoms with E-state index in [1.807, 2.05) is 17.0 Å². The number of ether oxygens (including phenoxy) is 3. The first-order chi connectivity index (χ1) is 21.5. The number of piperazine rings is 1. The molecule has 3 aliphatic heterocycles. The van der Waals surface area contributed by atoms with E-state index in [1.54, 1.807) is 7.11 Å². The Bertz CT molecular complexity index is 1480. The second kappa shape index (κ2) is 13.8. The fourth-order valence-corrected chi connectivity index (χ4v) is 6.39. The molecule has 0 unspecified atom stereocenters. The summed E-state index contributed by atoms with van der Waals surface area (Å²) in [7, 11) is 1.61. The van der Waals surface area contributed by atoms with Crippen molar-refractivity contribution in [2.75, 3.05) is 82.7 Å². The van der Waals surface area contributed by atoms with E-state index in [0.29, 0.717) is 64.9 Å². The fourth-order valence-electron chi connectivity index (χ4n) is 6.39. The Balaban J connectivity index is 1.27. The van der Waals surface area contributed by atoms with Crippen molar-refractivity contribution in [2.45, 2.75) is 32.0 Å². The maximum atomic E-state index is 13.9. The Labute approximate surface area is 258 Å². The summed E-state index contributed by atoms with van der Waals surface area (Å²) in [6.07, 6.45) is 2.86. The van der Waals surface area contributed by atoms with Gasteiger partial charge in [0.25, 0.3) is 0 Å². The van der Waals surface area contributed by atoms with Crippen LogP contribution in [0, 0.1) is 0 Å². The highest BCUT2D eigenvalue weighted by atomic mass is 19.1. The summed E-state index contributed by atoms with van der Waals surface area (Å²) in [5.41, 5.74) is 3.12. The van der Waals surface area contributed by atoms with E-state index in [4.69, 9.17) is 24.2 Å². The number of anilines is 2. The Morgan fingerprint density at radius 3 is 2.70 bits per heavy atom. The van der Waals surface area contributed by atoms with E-state index in [9.17, 15) is 9.18 Å². The minimum atomic E-state index is -0.776. The van der Waals surface area contributed by atoms with Crippen molar-refractivity contribution in [3.8, 4) is 11.8 Å². The van der Waals surface area contributed by atoms with Crippen LogP contribution in [-0.4, -0.2) is 105 Å². The summed E-state index contributed by atoms with van der Waals surface area (Å²) in [5.74, 6) is 1.57. The highest BCUT2D eigenvalue weighted by Crippen LogP contribution is 2.37. The number of piperidine rings is 1. The second-order valence-corrected chi connectivity index (χ2v) is 11.5. The lowest BCUT2D eigenvalue weighted by Gasteiger charge is -2.38. The van der Waals surface area contributed by atoms with E-state index in [-0.39, 0.29) is 12.7 Å². The Morgan fingerprint density at radius 1 is 1.07 bits per heavy atom. The second-order valence-electron chi connectivity index (χ2n) is 11.5. The van der Waals surface area contributed by atoms with Crippen molar-refractivity contribution in [1.29, 1.82) is 0 Å². The number of benzene rings is 2. The van der Waals surface area contributed by atoms with E-state index in [0.717, 1.165) is 65.2 Å². The number of aromatic nitrogens is 2. The summed E-state index contributed by atoms with van der Waals surface area (Å²) in [6, 6.07) is 12.7. The molecule has 0 bridgehead atoms. The number of amides is 1. The van der Waals surface area contributed by atoms with Crippen molar-refractivity contribution in [1.82, 2.24) is 19.8 Å². The van der Waals surface area contributed by atoms with Gasteiger partial charge in [0.2, 0.25) is 5.91 Å². The lowest BCUT2D eigenvalue weighted by Crippen LogP contribution is -2.49. The molecular formula is C33H41FN6O4. The van der Waals surface area contributed by atoms with Crippen LogP contribution < -0.4 is 19.3 Å². The van der Waals surface area contributed by atoms with Gasteiger partial charge in [0, 0.05) is 75.6 Å². The molecular weight excluding hydrogens is 563 g/mol. The number of carbonyl (C=O) groups excluding carboxylic acids is 1. The Morgan fingerprint density at radius 2 is 1.91 bits per heavy atom. The molecule has 1 aromatic heterocycles. The van der Waals surface area contributed by atoms with Crippen LogP contribution in [0.3, 0.4) is 0 Å². The van der Waals surface area contributed by atoms with Crippen molar-refractivity contribution >= 4 is 28.2 Å². The fraction of sp³-hybridized carbons (Fsp3) is 0.485. The van der Waals surface area contributed by atoms with Crippen LogP contribution in [0.2, 0.25) is 0 Å². The number of rotatable bonds is 10. The average molecular weight is 605 g/mol. The molecule has 2 saturated heterocycles. The monoisotopic (exact) mass is 604 g/mol. The van der Waals surface area contributed by atoms with Gasteiger partial charge in [-0.2, -0.15) is 9.97 Å². The maximum Gasteiger partial charge on any atom is 0.318 e. The van der Waals surface area contributed by atoms with Gasteiger partial charge in [-0.1, -0.05) is 30.8 Å². The summed E-state index contributed by atoms with van der Waals surface area (Å²) in [5, 5.41) is 2.23. The molecule has 0 aliphatic carbocycles. The van der Waals surface area contributed by atoms with Gasteiger partial charge in [0.15, 0.2) is 6.79 Å². The summed E-state index contributed by atoms with van der Waals surface area (Å²) < 4.78 is 31.1. The lowest BCUT2D eigenvalue weighted by molar-refractivity contribution is -0.126. The molecule has 44 heavy (non-hydrogen) atoms. The van der Waals surface area contributed by atoms with Crippen molar-refractivity contribution in [3.63, 3.8) is 0 Å². The highest BCUT2D eigenvalue weighted by Gasteiger charge is 2.29. The van der Waals surface area contributed by atoms with Crippen molar-refractivity contribution in [3.05, 3.63) is 60.3 Å². The maximum absolute atomic E-state index is 13.9. The molecule has 2 aromatic carbocycles. The molecule has 6 rings (SSSR count). The number of carbonyl (C=O) groups is 1. The van der Waals surface area contributed by atoms with Crippen LogP contribution in [0.15, 0.2) is 49.1 Å². The van der Waals surface area contributed by atoms with Crippen LogP contribution in [0.1, 0.15) is 24.1 Å². The molecule has 234 valence electrons. The Hall–Kier alpha value is -3.96. The lowest BCUT2D eigenvalue weighted by atomic mass is 10.0. The minimum absolute atomic E-state index is 0.0498. The highest BCUT2D eigenvalue weighted by molar-refractivity contribution is 5.96. The molecule has 0 N–H and O–H groups in total. The number of halogens is 1. The minimum Gasteiger partial charge on any atom is -0.467 e. The van der Waals surface area contributed by atoms with Crippen LogP contribution in [0.25, 0.3) is 10.8 Å². The Kier molecular flexibility index (Phi) is 9.42. The molecule has 0 spiro atoms. The number of likely N-dealkylation sites (tertiary alicyclic amines) is 1. The van der Waals surface area contributed by atoms with E-state index >= 15 is 0 Å². The first-order valence-corrected chi connectivity index (χ1v) is 15.5. The third-order valence-corrected chi connectivity index (χ3v) is 8.67. The molecule has 3 aromatic rings. The zero-order valence-corrected chi connectivity index (χ0v) is 25.4. The molecule has 4 heterocycles. The molecule has 0 radical (unpaired) electrons. The predicted octanol–water partition coefficient (Wildman–Crippen LogP) is 3.82. The first kappa shape index (κ1) is 30.1. The van der Waals surface area contributed by atoms with Crippen LogP contribution in [-0.2, 0) is 22.5 Å². The van der Waals surface area contributed by atoms with Gasteiger partial charge >= 0.3 is 6.01 Å². The van der Waals surface area contributed by atoms with Crippen LogP contribution in [0.4, 0.5) is 15.9 Å². The zero-order chi connectivity index (χ0) is 30.5. The number of nitrogens with zero attached hydrogens (tertiary/aromatic N) is 6. The van der Waals surface area contributed by atoms with Crippen LogP contribution in [0.5, 0.6) is 11.8 Å². The number of hydrogen-bond acceptors (Lipinski definition) is 9. The number of alkyl halides is 1. The van der Waals surface area contributed by atoms with E-state index in [2.05, 4.69) is 45.5 Å². The number of fused-ring (bicyclic) bond motifs is 2. The zero-order valence-electron chi connectivity index (χ0n) is 25.4. The smallest absolute Gasteiger partial charge is 0.318 e. The van der Waals surface area contributed by atoms with Crippen molar-refractivity contribution < 1.29 is 23.4 Å². The average Bonchev–Trinajstić information content (AvgIpc) is 3.06. The van der Waals surface area contributed by atoms with Gasteiger partial charge in [0.05, 0.1) is 12.2 Å². The number of methoxy groups -OCH3 is 1. The summed E-state index contributed by atoms with van der Waals surface area (Å²) in [6.45, 7) is 10.1. The summed E-state index contributed by atoms with van der Waals surface area (Å²) >= 11 is 0. The number of hydrogen-bond donors (Lipinski definition) is 0. The van der Waals surface area contributed by atoms with Crippen LogP contribution >= 0.6 is 0 Å². The SMILES string of the molecule is C=CC(=O)N1CCN(c2nc(OCCN3CCC[C@@H](F)C3)nc3c2CCN(c2cc(OCOC)cc4ccccc24)C3)CC1. The standard InChI is InChI=1S/C33H41FN6O4/c1-3-31(41)38-13-15-39(16-14-38)32-28-10-12-40(30-20-26(44-23-42-2)19-24-7-4-5-9-27(24)30)22-29(28)35-33(36-32)43-18-17-37-11-6-8-25(34)21-37/h3-5,7,9,19-20,25H,1,6,8,10-18,21-23H2,2H3/t25-/m1/s1. The topological polar surface area (TPSA) is 83.5 Å². The normalized spacial score (nSPS) is 19.1. The van der Waals surface area contributed by atoms with Gasteiger partial charge in [-0.15, -0.1) is 0 Å².